The van der Waals surface area contributed by atoms with Crippen LogP contribution >= 0.6 is 0 Å². The van der Waals surface area contributed by atoms with E-state index in [1.807, 2.05) is 12.1 Å². The van der Waals surface area contributed by atoms with Gasteiger partial charge in [-0.3, -0.25) is 0 Å². The molecule has 90 valence electrons. The number of hydrogen-bond donors (Lipinski definition) is 1. The molecule has 17 heavy (non-hydrogen) atoms. The second-order valence-corrected chi connectivity index (χ2v) is 3.69. The molecule has 1 atom stereocenters. The van der Waals surface area contributed by atoms with Gasteiger partial charge < -0.3 is 9.84 Å². The fraction of sp³-hybridized carbons (Fsp3) is 0.364. The molecule has 0 saturated carbocycles. The minimum atomic E-state index is -0.609. The molecule has 6 nitrogen and oxygen atoms in total. The van der Waals surface area contributed by atoms with Crippen LogP contribution in [-0.4, -0.2) is 32.2 Å². The van der Waals surface area contributed by atoms with E-state index in [0.717, 1.165) is 5.69 Å². The van der Waals surface area contributed by atoms with Crippen molar-refractivity contribution in [2.24, 2.45) is 0 Å². The van der Waals surface area contributed by atoms with Gasteiger partial charge >= 0.3 is 0 Å². The Balaban J connectivity index is 2.13. The van der Waals surface area contributed by atoms with Gasteiger partial charge in [-0.1, -0.05) is 11.3 Å². The normalized spacial score (nSPS) is 12.4. The van der Waals surface area contributed by atoms with Crippen LogP contribution in [0.5, 0.6) is 5.88 Å². The van der Waals surface area contributed by atoms with E-state index in [4.69, 9.17) is 4.74 Å². The summed E-state index contributed by atoms with van der Waals surface area (Å²) in [5.74, 6) is 0.568. The van der Waals surface area contributed by atoms with Crippen LogP contribution in [0.4, 0.5) is 0 Å². The first-order valence-electron chi connectivity index (χ1n) is 5.27. The van der Waals surface area contributed by atoms with E-state index in [1.165, 1.54) is 0 Å². The average molecular weight is 234 g/mol. The summed E-state index contributed by atoms with van der Waals surface area (Å²) >= 11 is 0. The molecule has 2 aromatic rings. The van der Waals surface area contributed by atoms with Gasteiger partial charge in [0.2, 0.25) is 5.88 Å². The molecule has 0 aromatic carbocycles. The molecule has 0 aliphatic heterocycles. The summed E-state index contributed by atoms with van der Waals surface area (Å²) in [6.45, 7) is 2.15. The van der Waals surface area contributed by atoms with Crippen molar-refractivity contribution < 1.29 is 9.84 Å². The Kier molecular flexibility index (Phi) is 3.34. The smallest absolute Gasteiger partial charge is 0.213 e. The molecular weight excluding hydrogens is 220 g/mol. The predicted octanol–water partition coefficient (Wildman–Crippen LogP) is 0.783. The summed E-state index contributed by atoms with van der Waals surface area (Å²) in [7, 11) is 1.58. The number of pyridine rings is 1. The maximum Gasteiger partial charge on any atom is 0.213 e. The second-order valence-electron chi connectivity index (χ2n) is 3.69. The van der Waals surface area contributed by atoms with E-state index in [-0.39, 0.29) is 0 Å². The van der Waals surface area contributed by atoms with Crippen LogP contribution in [0.2, 0.25) is 0 Å². The van der Waals surface area contributed by atoms with Crippen molar-refractivity contribution >= 4 is 0 Å². The third kappa shape index (κ3) is 2.79. The molecule has 0 spiro atoms. The quantitative estimate of drug-likeness (QED) is 0.846. The van der Waals surface area contributed by atoms with Gasteiger partial charge in [-0.2, -0.15) is 0 Å². The van der Waals surface area contributed by atoms with Crippen molar-refractivity contribution in [2.45, 2.75) is 19.6 Å². The van der Waals surface area contributed by atoms with Crippen LogP contribution in [0.3, 0.4) is 0 Å². The number of aliphatic hydroxyl groups is 1. The van der Waals surface area contributed by atoms with E-state index in [9.17, 15) is 5.11 Å². The Labute approximate surface area is 98.9 Å². The Morgan fingerprint density at radius 3 is 2.94 bits per heavy atom. The summed E-state index contributed by atoms with van der Waals surface area (Å²) in [4.78, 5) is 4.27. The third-order valence-corrected chi connectivity index (χ3v) is 2.30. The number of hydrogen-bond acceptors (Lipinski definition) is 5. The lowest BCUT2D eigenvalue weighted by Gasteiger charge is -2.02. The molecule has 0 fully saturated rings. The Morgan fingerprint density at radius 2 is 2.29 bits per heavy atom. The maximum absolute atomic E-state index is 9.33. The first-order chi connectivity index (χ1) is 8.19. The van der Waals surface area contributed by atoms with Crippen LogP contribution < -0.4 is 4.74 Å². The molecule has 1 N–H and O–H groups in total. The number of rotatable bonds is 4. The van der Waals surface area contributed by atoms with Crippen LogP contribution in [-0.2, 0) is 6.54 Å². The molecule has 0 bridgehead atoms. The third-order valence-electron chi connectivity index (χ3n) is 2.30. The van der Waals surface area contributed by atoms with Crippen LogP contribution in [0.1, 0.15) is 24.4 Å². The van der Waals surface area contributed by atoms with Gasteiger partial charge in [-0.25, -0.2) is 9.67 Å². The van der Waals surface area contributed by atoms with E-state index in [1.54, 1.807) is 31.0 Å². The second kappa shape index (κ2) is 4.92. The monoisotopic (exact) mass is 234 g/mol. The van der Waals surface area contributed by atoms with Gasteiger partial charge in [-0.05, 0) is 13.0 Å². The lowest BCUT2D eigenvalue weighted by molar-refractivity contribution is 0.194. The summed E-state index contributed by atoms with van der Waals surface area (Å²) in [5.41, 5.74) is 1.37. The minimum absolute atomic E-state index is 0.497. The van der Waals surface area contributed by atoms with Crippen molar-refractivity contribution in [3.8, 4) is 5.88 Å². The molecule has 0 radical (unpaired) electrons. The minimum Gasteiger partial charge on any atom is -0.481 e. The Morgan fingerprint density at radius 1 is 1.47 bits per heavy atom. The highest BCUT2D eigenvalue weighted by atomic mass is 16.5. The summed E-state index contributed by atoms with van der Waals surface area (Å²) < 4.78 is 6.67. The fourth-order valence-electron chi connectivity index (χ4n) is 1.41. The molecule has 2 heterocycles. The van der Waals surface area contributed by atoms with Gasteiger partial charge in [0.1, 0.15) is 5.69 Å². The summed E-state index contributed by atoms with van der Waals surface area (Å²) in [5, 5.41) is 17.1. The lowest BCUT2D eigenvalue weighted by Crippen LogP contribution is -2.03. The standard InChI is InChI=1S/C11H14N4O2/c1-8(16)10-7-15(14-13-10)6-9-4-3-5-11(12-9)17-2/h3-5,7-8,16H,6H2,1-2H3. The number of aromatic nitrogens is 4. The summed E-state index contributed by atoms with van der Waals surface area (Å²) in [6.07, 6.45) is 1.09. The van der Waals surface area contributed by atoms with Crippen LogP contribution in [0, 0.1) is 0 Å². The lowest BCUT2D eigenvalue weighted by atomic mass is 10.3. The Bertz CT molecular complexity index is 496. The maximum atomic E-state index is 9.33. The van der Waals surface area contributed by atoms with E-state index >= 15 is 0 Å². The molecule has 2 aromatic heterocycles. The van der Waals surface area contributed by atoms with Crippen molar-refractivity contribution in [2.75, 3.05) is 7.11 Å². The first kappa shape index (κ1) is 11.5. The largest absolute Gasteiger partial charge is 0.481 e. The molecule has 0 aliphatic carbocycles. The molecular formula is C11H14N4O2. The van der Waals surface area contributed by atoms with Gasteiger partial charge in [0, 0.05) is 6.07 Å². The molecule has 1 unspecified atom stereocenters. The fourth-order valence-corrected chi connectivity index (χ4v) is 1.41. The molecule has 0 aliphatic rings. The summed E-state index contributed by atoms with van der Waals surface area (Å²) in [6, 6.07) is 5.53. The topological polar surface area (TPSA) is 73.1 Å². The number of nitrogens with zero attached hydrogens (tertiary/aromatic N) is 4. The van der Waals surface area contributed by atoms with Crippen molar-refractivity contribution in [1.29, 1.82) is 0 Å². The molecule has 6 heteroatoms. The van der Waals surface area contributed by atoms with E-state index in [2.05, 4.69) is 15.3 Å². The predicted molar refractivity (Wildman–Crippen MR) is 60.5 cm³/mol. The number of ether oxygens (including phenoxy) is 1. The SMILES string of the molecule is COc1cccc(Cn2cc(C(C)O)nn2)n1. The van der Waals surface area contributed by atoms with Crippen LogP contribution in [0.25, 0.3) is 0 Å². The van der Waals surface area contributed by atoms with Gasteiger partial charge in [0.15, 0.2) is 0 Å². The molecule has 0 amide bonds. The van der Waals surface area contributed by atoms with Gasteiger partial charge in [-0.15, -0.1) is 5.10 Å². The van der Waals surface area contributed by atoms with E-state index < -0.39 is 6.10 Å². The van der Waals surface area contributed by atoms with Crippen LogP contribution in [0.15, 0.2) is 24.4 Å². The molecule has 0 saturated heterocycles. The highest BCUT2D eigenvalue weighted by Crippen LogP contribution is 2.10. The molecule has 2 rings (SSSR count). The zero-order chi connectivity index (χ0) is 12.3. The van der Waals surface area contributed by atoms with Gasteiger partial charge in [0.25, 0.3) is 0 Å². The first-order valence-corrected chi connectivity index (χ1v) is 5.27. The Hall–Kier alpha value is -1.95. The zero-order valence-corrected chi connectivity index (χ0v) is 9.74. The zero-order valence-electron chi connectivity index (χ0n) is 9.74. The van der Waals surface area contributed by atoms with E-state index in [0.29, 0.717) is 18.1 Å². The highest BCUT2D eigenvalue weighted by Gasteiger charge is 2.07. The number of methoxy groups -OCH3 is 1. The van der Waals surface area contributed by atoms with Crippen molar-refractivity contribution in [3.63, 3.8) is 0 Å². The average Bonchev–Trinajstić information content (AvgIpc) is 2.78. The highest BCUT2D eigenvalue weighted by molar-refractivity contribution is 5.15. The van der Waals surface area contributed by atoms with Gasteiger partial charge in [0.05, 0.1) is 31.6 Å². The number of aliphatic hydroxyl groups excluding tert-OH is 1. The van der Waals surface area contributed by atoms with Crippen molar-refractivity contribution in [3.05, 3.63) is 35.8 Å². The van der Waals surface area contributed by atoms with Crippen molar-refractivity contribution in [1.82, 2.24) is 20.0 Å².